The van der Waals surface area contributed by atoms with Crippen LogP contribution in [-0.2, 0) is 14.3 Å². The smallest absolute Gasteiger partial charge is 0.325 e. The van der Waals surface area contributed by atoms with Gasteiger partial charge in [0.15, 0.2) is 0 Å². The van der Waals surface area contributed by atoms with Crippen molar-refractivity contribution in [2.45, 2.75) is 13.0 Å². The lowest BCUT2D eigenvalue weighted by Gasteiger charge is -2.13. The summed E-state index contributed by atoms with van der Waals surface area (Å²) in [6, 6.07) is -0.338. The van der Waals surface area contributed by atoms with Crippen LogP contribution < -0.4 is 5.32 Å². The second kappa shape index (κ2) is 6.12. The zero-order valence-corrected chi connectivity index (χ0v) is 7.22. The highest BCUT2D eigenvalue weighted by Gasteiger charge is 2.16. The van der Waals surface area contributed by atoms with Crippen molar-refractivity contribution in [3.63, 3.8) is 0 Å². The first kappa shape index (κ1) is 10.4. The summed E-state index contributed by atoms with van der Waals surface area (Å²) in [6.07, 6.45) is 0. The number of carbonyl (C=O) groups is 1. The summed E-state index contributed by atoms with van der Waals surface area (Å²) in [5, 5.41) is 2.93. The summed E-state index contributed by atoms with van der Waals surface area (Å²) in [7, 11) is 2.91. The molecule has 1 atom stereocenters. The number of likely N-dealkylation sites (N-methyl/N-ethyl adjacent to an activating group) is 1. The van der Waals surface area contributed by atoms with Crippen LogP contribution in [0.2, 0.25) is 0 Å². The van der Waals surface area contributed by atoms with Gasteiger partial charge in [-0.2, -0.15) is 0 Å². The van der Waals surface area contributed by atoms with Crippen LogP contribution in [0.1, 0.15) is 6.92 Å². The third-order valence-electron chi connectivity index (χ3n) is 1.27. The lowest BCUT2D eigenvalue weighted by atomic mass is 10.3. The summed E-state index contributed by atoms with van der Waals surface area (Å²) in [4.78, 5) is 10.9. The van der Waals surface area contributed by atoms with Gasteiger partial charge in [-0.25, -0.2) is 0 Å². The molecular formula is C7H15NO3. The third kappa shape index (κ3) is 3.95. The number of hydrogen-bond donors (Lipinski definition) is 1. The van der Waals surface area contributed by atoms with E-state index >= 15 is 0 Å². The second-order valence-corrected chi connectivity index (χ2v) is 2.09. The fraction of sp³-hybridized carbons (Fsp3) is 0.857. The van der Waals surface area contributed by atoms with Crippen molar-refractivity contribution in [3.05, 3.63) is 0 Å². The molecule has 0 amide bonds. The molecule has 0 heterocycles. The maximum atomic E-state index is 10.9. The first-order valence-electron chi connectivity index (χ1n) is 3.56. The van der Waals surface area contributed by atoms with E-state index in [1.165, 1.54) is 7.11 Å². The SMILES string of the molecule is CCN[C@H](COC)C(=O)OC. The molecule has 66 valence electrons. The Morgan fingerprint density at radius 3 is 2.55 bits per heavy atom. The monoisotopic (exact) mass is 161 g/mol. The van der Waals surface area contributed by atoms with Crippen LogP contribution in [0.3, 0.4) is 0 Å². The fourth-order valence-electron chi connectivity index (χ4n) is 0.766. The molecule has 0 aliphatic heterocycles. The summed E-state index contributed by atoms with van der Waals surface area (Å²) >= 11 is 0. The molecule has 4 heteroatoms. The van der Waals surface area contributed by atoms with E-state index in [0.717, 1.165) is 6.54 Å². The molecule has 1 N–H and O–H groups in total. The lowest BCUT2D eigenvalue weighted by Crippen LogP contribution is -2.40. The number of methoxy groups -OCH3 is 2. The molecule has 0 unspecified atom stereocenters. The normalized spacial score (nSPS) is 12.6. The zero-order valence-electron chi connectivity index (χ0n) is 7.22. The van der Waals surface area contributed by atoms with Crippen LogP contribution in [0.4, 0.5) is 0 Å². The van der Waals surface area contributed by atoms with Crippen LogP contribution in [0.15, 0.2) is 0 Å². The highest BCUT2D eigenvalue weighted by molar-refractivity contribution is 5.75. The Balaban J connectivity index is 3.76. The predicted molar refractivity (Wildman–Crippen MR) is 41.4 cm³/mol. The Hall–Kier alpha value is -0.610. The van der Waals surface area contributed by atoms with Crippen molar-refractivity contribution < 1.29 is 14.3 Å². The van der Waals surface area contributed by atoms with Crippen LogP contribution in [0.25, 0.3) is 0 Å². The van der Waals surface area contributed by atoms with Gasteiger partial charge in [0, 0.05) is 7.11 Å². The van der Waals surface area contributed by atoms with Crippen molar-refractivity contribution >= 4 is 5.97 Å². The number of hydrogen-bond acceptors (Lipinski definition) is 4. The molecule has 0 aromatic rings. The minimum atomic E-state index is -0.338. The van der Waals surface area contributed by atoms with Gasteiger partial charge < -0.3 is 14.8 Å². The molecule has 0 spiro atoms. The Morgan fingerprint density at radius 2 is 2.18 bits per heavy atom. The number of rotatable bonds is 5. The third-order valence-corrected chi connectivity index (χ3v) is 1.27. The van der Waals surface area contributed by atoms with Crippen LogP contribution >= 0.6 is 0 Å². The van der Waals surface area contributed by atoms with Gasteiger partial charge >= 0.3 is 5.97 Å². The molecule has 0 aliphatic rings. The minimum Gasteiger partial charge on any atom is -0.468 e. The molecule has 0 bridgehead atoms. The summed E-state index contributed by atoms with van der Waals surface area (Å²) < 4.78 is 9.35. The molecule has 11 heavy (non-hydrogen) atoms. The van der Waals surface area contributed by atoms with Crippen molar-refractivity contribution in [1.29, 1.82) is 0 Å². The lowest BCUT2D eigenvalue weighted by molar-refractivity contribution is -0.144. The molecule has 0 aromatic heterocycles. The van der Waals surface area contributed by atoms with Crippen molar-refractivity contribution in [2.24, 2.45) is 0 Å². The first-order chi connectivity index (χ1) is 5.26. The van der Waals surface area contributed by atoms with E-state index < -0.39 is 0 Å². The number of nitrogens with one attached hydrogen (secondary N) is 1. The van der Waals surface area contributed by atoms with Gasteiger partial charge in [-0.05, 0) is 6.54 Å². The van der Waals surface area contributed by atoms with Gasteiger partial charge in [-0.1, -0.05) is 6.92 Å². The molecule has 0 radical (unpaired) electrons. The van der Waals surface area contributed by atoms with Crippen molar-refractivity contribution in [2.75, 3.05) is 27.4 Å². The first-order valence-corrected chi connectivity index (χ1v) is 3.56. The van der Waals surface area contributed by atoms with Crippen LogP contribution in [-0.4, -0.2) is 39.4 Å². The molecule has 0 fully saturated rings. The highest BCUT2D eigenvalue weighted by Crippen LogP contribution is 1.87. The average molecular weight is 161 g/mol. The second-order valence-electron chi connectivity index (χ2n) is 2.09. The van der Waals surface area contributed by atoms with Gasteiger partial charge in [0.2, 0.25) is 0 Å². The predicted octanol–water partition coefficient (Wildman–Crippen LogP) is -0.216. The number of ether oxygens (including phenoxy) is 2. The van der Waals surface area contributed by atoms with Crippen LogP contribution in [0, 0.1) is 0 Å². The van der Waals surface area contributed by atoms with Gasteiger partial charge in [0.05, 0.1) is 13.7 Å². The quantitative estimate of drug-likeness (QED) is 0.566. The summed E-state index contributed by atoms with van der Waals surface area (Å²) in [5.74, 6) is -0.284. The largest absolute Gasteiger partial charge is 0.468 e. The Labute approximate surface area is 66.9 Å². The molecule has 0 aliphatic carbocycles. The Bertz CT molecular complexity index is 110. The van der Waals surface area contributed by atoms with Crippen molar-refractivity contribution in [3.8, 4) is 0 Å². The fourth-order valence-corrected chi connectivity index (χ4v) is 0.766. The average Bonchev–Trinajstić information content (AvgIpc) is 2.03. The van der Waals surface area contributed by atoms with Crippen molar-refractivity contribution in [1.82, 2.24) is 5.32 Å². The topological polar surface area (TPSA) is 47.6 Å². The molecular weight excluding hydrogens is 146 g/mol. The number of carbonyl (C=O) groups excluding carboxylic acids is 1. The van der Waals surface area contributed by atoms with E-state index in [1.807, 2.05) is 6.92 Å². The highest BCUT2D eigenvalue weighted by atomic mass is 16.5. The summed E-state index contributed by atoms with van der Waals surface area (Å²) in [6.45, 7) is 3.00. The van der Waals surface area contributed by atoms with E-state index in [9.17, 15) is 4.79 Å². The van der Waals surface area contributed by atoms with E-state index in [1.54, 1.807) is 7.11 Å². The van der Waals surface area contributed by atoms with Gasteiger partial charge in [0.1, 0.15) is 6.04 Å². The van der Waals surface area contributed by atoms with Crippen LogP contribution in [0.5, 0.6) is 0 Å². The molecule has 4 nitrogen and oxygen atoms in total. The van der Waals surface area contributed by atoms with Gasteiger partial charge in [-0.15, -0.1) is 0 Å². The Kier molecular flexibility index (Phi) is 5.78. The van der Waals surface area contributed by atoms with E-state index in [-0.39, 0.29) is 12.0 Å². The maximum absolute atomic E-state index is 10.9. The molecule has 0 rings (SSSR count). The molecule has 0 saturated carbocycles. The zero-order chi connectivity index (χ0) is 8.69. The van der Waals surface area contributed by atoms with E-state index in [4.69, 9.17) is 4.74 Å². The van der Waals surface area contributed by atoms with Gasteiger partial charge in [-0.3, -0.25) is 4.79 Å². The maximum Gasteiger partial charge on any atom is 0.325 e. The van der Waals surface area contributed by atoms with Gasteiger partial charge in [0.25, 0.3) is 0 Å². The minimum absolute atomic E-state index is 0.284. The van der Waals surface area contributed by atoms with E-state index in [2.05, 4.69) is 10.1 Å². The summed E-state index contributed by atoms with van der Waals surface area (Å²) in [5.41, 5.74) is 0. The molecule has 0 aromatic carbocycles. The van der Waals surface area contributed by atoms with E-state index in [0.29, 0.717) is 6.61 Å². The molecule has 0 saturated heterocycles. The standard InChI is InChI=1S/C7H15NO3/c1-4-8-6(5-10-2)7(9)11-3/h6,8H,4-5H2,1-3H3/t6-/m1/s1. The Morgan fingerprint density at radius 1 is 1.55 bits per heavy atom. The number of esters is 1.